The van der Waals surface area contributed by atoms with Crippen LogP contribution in [0.4, 0.5) is 0 Å². The standard InChI is InChI=1S/C23H35N3O2/c1-17(2)15-21(23(28)26-13-11-25(3)12-14-26)24-22(27)16-20(19-9-10-19)18-7-5-4-6-8-18/h4-8,17,19-21H,9-16H2,1-3H3,(H,24,27)/t20?,21-/m0/s1. The highest BCUT2D eigenvalue weighted by atomic mass is 16.2. The normalized spacial score (nSPS) is 20.1. The largest absolute Gasteiger partial charge is 0.344 e. The number of rotatable bonds is 8. The first-order valence-corrected chi connectivity index (χ1v) is 10.8. The number of piperazine rings is 1. The van der Waals surface area contributed by atoms with Crippen molar-refractivity contribution in [2.75, 3.05) is 33.2 Å². The summed E-state index contributed by atoms with van der Waals surface area (Å²) in [5.41, 5.74) is 1.24. The molecule has 0 bridgehead atoms. The molecule has 2 amide bonds. The summed E-state index contributed by atoms with van der Waals surface area (Å²) in [6.07, 6.45) is 3.56. The second-order valence-electron chi connectivity index (χ2n) is 8.94. The summed E-state index contributed by atoms with van der Waals surface area (Å²) >= 11 is 0. The summed E-state index contributed by atoms with van der Waals surface area (Å²) in [5.74, 6) is 1.31. The average molecular weight is 386 g/mol. The van der Waals surface area contributed by atoms with E-state index in [1.54, 1.807) is 0 Å². The Morgan fingerprint density at radius 2 is 1.71 bits per heavy atom. The Morgan fingerprint density at radius 3 is 2.29 bits per heavy atom. The van der Waals surface area contributed by atoms with Crippen molar-refractivity contribution in [3.63, 3.8) is 0 Å². The third-order valence-corrected chi connectivity index (χ3v) is 5.98. The molecule has 1 unspecified atom stereocenters. The SMILES string of the molecule is CC(C)C[C@H](NC(=O)CC(c1ccccc1)C1CC1)C(=O)N1CCN(C)CC1. The van der Waals surface area contributed by atoms with Gasteiger partial charge in [-0.2, -0.15) is 0 Å². The first-order valence-electron chi connectivity index (χ1n) is 10.8. The maximum absolute atomic E-state index is 13.1. The first-order chi connectivity index (χ1) is 13.4. The number of nitrogens with zero attached hydrogens (tertiary/aromatic N) is 2. The molecule has 0 aromatic heterocycles. The Labute approximate surface area is 169 Å². The van der Waals surface area contributed by atoms with Crippen molar-refractivity contribution in [1.29, 1.82) is 0 Å². The molecular formula is C23H35N3O2. The van der Waals surface area contributed by atoms with Gasteiger partial charge >= 0.3 is 0 Å². The van der Waals surface area contributed by atoms with Gasteiger partial charge in [0.2, 0.25) is 11.8 Å². The monoisotopic (exact) mass is 385 g/mol. The van der Waals surface area contributed by atoms with Crippen LogP contribution in [-0.2, 0) is 9.59 Å². The number of carbonyl (C=O) groups is 2. The number of benzene rings is 1. The number of nitrogens with one attached hydrogen (secondary N) is 1. The summed E-state index contributed by atoms with van der Waals surface area (Å²) in [5, 5.41) is 3.10. The molecule has 1 aromatic carbocycles. The van der Waals surface area contributed by atoms with Gasteiger partial charge in [-0.3, -0.25) is 9.59 Å². The molecule has 1 aromatic rings. The summed E-state index contributed by atoms with van der Waals surface area (Å²) in [7, 11) is 2.08. The van der Waals surface area contributed by atoms with E-state index < -0.39 is 6.04 Å². The summed E-state index contributed by atoms with van der Waals surface area (Å²) in [6, 6.07) is 9.93. The number of hydrogen-bond acceptors (Lipinski definition) is 3. The quantitative estimate of drug-likeness (QED) is 0.749. The van der Waals surface area contributed by atoms with Crippen LogP contribution >= 0.6 is 0 Å². The van der Waals surface area contributed by atoms with Gasteiger partial charge in [0.05, 0.1) is 0 Å². The van der Waals surface area contributed by atoms with Crippen molar-refractivity contribution < 1.29 is 9.59 Å². The predicted molar refractivity (Wildman–Crippen MR) is 112 cm³/mol. The van der Waals surface area contributed by atoms with E-state index in [0.717, 1.165) is 26.2 Å². The molecule has 1 saturated heterocycles. The van der Waals surface area contributed by atoms with E-state index in [0.29, 0.717) is 24.7 Å². The maximum atomic E-state index is 13.1. The molecule has 5 nitrogen and oxygen atoms in total. The van der Waals surface area contributed by atoms with Gasteiger partial charge in [-0.15, -0.1) is 0 Å². The zero-order valence-corrected chi connectivity index (χ0v) is 17.6. The van der Waals surface area contributed by atoms with Crippen molar-refractivity contribution in [3.05, 3.63) is 35.9 Å². The molecule has 2 aliphatic rings. The summed E-state index contributed by atoms with van der Waals surface area (Å²) in [4.78, 5) is 30.1. The summed E-state index contributed by atoms with van der Waals surface area (Å²) in [6.45, 7) is 7.49. The smallest absolute Gasteiger partial charge is 0.245 e. The third-order valence-electron chi connectivity index (χ3n) is 5.98. The number of hydrogen-bond donors (Lipinski definition) is 1. The second-order valence-corrected chi connectivity index (χ2v) is 8.94. The highest BCUT2D eigenvalue weighted by Crippen LogP contribution is 2.44. The Balaban J connectivity index is 1.62. The minimum atomic E-state index is -0.411. The first kappa shape index (κ1) is 20.8. The molecular weight excluding hydrogens is 350 g/mol. The second kappa shape index (κ2) is 9.55. The molecule has 0 radical (unpaired) electrons. The van der Waals surface area contributed by atoms with Crippen LogP contribution in [0.15, 0.2) is 30.3 Å². The highest BCUT2D eigenvalue weighted by Gasteiger charge is 2.35. The lowest BCUT2D eigenvalue weighted by atomic mass is 9.90. The van der Waals surface area contributed by atoms with Crippen LogP contribution in [-0.4, -0.2) is 60.9 Å². The van der Waals surface area contributed by atoms with Gasteiger partial charge in [0, 0.05) is 32.6 Å². The Hall–Kier alpha value is -1.88. The molecule has 2 fully saturated rings. The van der Waals surface area contributed by atoms with E-state index in [1.807, 2.05) is 23.1 Å². The van der Waals surface area contributed by atoms with Crippen molar-refractivity contribution in [2.24, 2.45) is 11.8 Å². The fourth-order valence-electron chi connectivity index (χ4n) is 4.15. The lowest BCUT2D eigenvalue weighted by Gasteiger charge is -2.35. The van der Waals surface area contributed by atoms with Crippen LogP contribution < -0.4 is 5.32 Å². The van der Waals surface area contributed by atoms with Crippen LogP contribution in [0.25, 0.3) is 0 Å². The zero-order chi connectivity index (χ0) is 20.1. The van der Waals surface area contributed by atoms with Gasteiger partial charge in [-0.1, -0.05) is 44.2 Å². The average Bonchev–Trinajstić information content (AvgIpc) is 3.51. The third kappa shape index (κ3) is 5.81. The molecule has 0 spiro atoms. The topological polar surface area (TPSA) is 52.7 Å². The predicted octanol–water partition coefficient (Wildman–Crippen LogP) is 2.88. The van der Waals surface area contributed by atoms with Crippen molar-refractivity contribution in [3.8, 4) is 0 Å². The molecule has 28 heavy (non-hydrogen) atoms. The molecule has 1 heterocycles. The van der Waals surface area contributed by atoms with Gasteiger partial charge < -0.3 is 15.1 Å². The van der Waals surface area contributed by atoms with Crippen molar-refractivity contribution in [1.82, 2.24) is 15.1 Å². The number of likely N-dealkylation sites (N-methyl/N-ethyl adjacent to an activating group) is 1. The van der Waals surface area contributed by atoms with Gasteiger partial charge in [-0.25, -0.2) is 0 Å². The van der Waals surface area contributed by atoms with E-state index in [2.05, 4.69) is 43.2 Å². The lowest BCUT2D eigenvalue weighted by Crippen LogP contribution is -2.54. The highest BCUT2D eigenvalue weighted by molar-refractivity contribution is 5.88. The van der Waals surface area contributed by atoms with Gasteiger partial charge in [0.25, 0.3) is 0 Å². The Morgan fingerprint density at radius 1 is 1.07 bits per heavy atom. The number of amides is 2. The molecule has 3 rings (SSSR count). The van der Waals surface area contributed by atoms with Gasteiger partial charge in [0.1, 0.15) is 6.04 Å². The molecule has 1 N–H and O–H groups in total. The van der Waals surface area contributed by atoms with Gasteiger partial charge in [0.15, 0.2) is 0 Å². The minimum absolute atomic E-state index is 0.00822. The molecule has 1 aliphatic heterocycles. The summed E-state index contributed by atoms with van der Waals surface area (Å²) < 4.78 is 0. The molecule has 2 atom stereocenters. The molecule has 5 heteroatoms. The molecule has 1 aliphatic carbocycles. The van der Waals surface area contributed by atoms with Crippen LogP contribution in [0.2, 0.25) is 0 Å². The molecule has 1 saturated carbocycles. The van der Waals surface area contributed by atoms with Crippen LogP contribution in [0, 0.1) is 11.8 Å². The van der Waals surface area contributed by atoms with E-state index in [1.165, 1.54) is 18.4 Å². The van der Waals surface area contributed by atoms with Crippen molar-refractivity contribution in [2.45, 2.75) is 51.5 Å². The van der Waals surface area contributed by atoms with Crippen LogP contribution in [0.3, 0.4) is 0 Å². The van der Waals surface area contributed by atoms with E-state index in [4.69, 9.17) is 0 Å². The van der Waals surface area contributed by atoms with Gasteiger partial charge in [-0.05, 0) is 49.6 Å². The Kier molecular flexibility index (Phi) is 7.11. The molecule has 154 valence electrons. The van der Waals surface area contributed by atoms with Crippen molar-refractivity contribution >= 4 is 11.8 Å². The fourth-order valence-corrected chi connectivity index (χ4v) is 4.15. The van der Waals surface area contributed by atoms with E-state index >= 15 is 0 Å². The van der Waals surface area contributed by atoms with Crippen LogP contribution in [0.5, 0.6) is 0 Å². The fraction of sp³-hybridized carbons (Fsp3) is 0.652. The lowest BCUT2D eigenvalue weighted by molar-refractivity contribution is -0.138. The minimum Gasteiger partial charge on any atom is -0.344 e. The Bertz CT molecular complexity index is 649. The number of carbonyl (C=O) groups excluding carboxylic acids is 2. The van der Waals surface area contributed by atoms with E-state index in [-0.39, 0.29) is 17.7 Å². The van der Waals surface area contributed by atoms with E-state index in [9.17, 15) is 9.59 Å². The zero-order valence-electron chi connectivity index (χ0n) is 17.6. The van der Waals surface area contributed by atoms with Crippen LogP contribution in [0.1, 0.15) is 51.0 Å². The maximum Gasteiger partial charge on any atom is 0.245 e.